The molecule has 0 spiro atoms. The first-order valence-electron chi connectivity index (χ1n) is 9.25. The van der Waals surface area contributed by atoms with Crippen molar-refractivity contribution in [2.24, 2.45) is 0 Å². The number of rotatable bonds is 9. The molecule has 0 aliphatic heterocycles. The van der Waals surface area contributed by atoms with Crippen molar-refractivity contribution in [2.75, 3.05) is 13.2 Å². The van der Waals surface area contributed by atoms with Crippen molar-refractivity contribution >= 4 is 33.6 Å². The second-order valence-corrected chi connectivity index (χ2v) is 7.93. The number of benzene rings is 2. The Morgan fingerprint density at radius 3 is 2.29 bits per heavy atom. The van der Waals surface area contributed by atoms with Gasteiger partial charge in [-0.25, -0.2) is 0 Å². The van der Waals surface area contributed by atoms with Gasteiger partial charge in [-0.15, -0.1) is 0 Å². The maximum absolute atomic E-state index is 12.1. The molecule has 0 heterocycles. The minimum atomic E-state index is -0.551. The van der Waals surface area contributed by atoms with Crippen LogP contribution < -0.4 is 5.32 Å². The van der Waals surface area contributed by atoms with Crippen LogP contribution in [0.3, 0.4) is 0 Å². The van der Waals surface area contributed by atoms with Gasteiger partial charge in [0.25, 0.3) is 5.91 Å². The molecule has 1 aliphatic carbocycles. The number of carbonyl (C=O) groups excluding carboxylic acids is 3. The fraction of sp³-hybridized carbons (Fsp3) is 0.318. The molecule has 2 aromatic carbocycles. The van der Waals surface area contributed by atoms with Gasteiger partial charge in [-0.3, -0.25) is 14.4 Å². The normalized spacial score (nSPS) is 14.2. The number of hydrogen-bond acceptors (Lipinski definition) is 4. The van der Waals surface area contributed by atoms with Gasteiger partial charge < -0.3 is 10.1 Å². The zero-order valence-corrected chi connectivity index (χ0v) is 17.0. The summed E-state index contributed by atoms with van der Waals surface area (Å²) in [5, 5.41) is 2.85. The second kappa shape index (κ2) is 9.15. The Morgan fingerprint density at radius 2 is 1.64 bits per heavy atom. The van der Waals surface area contributed by atoms with E-state index in [4.69, 9.17) is 4.74 Å². The van der Waals surface area contributed by atoms with Gasteiger partial charge in [0.15, 0.2) is 12.4 Å². The van der Waals surface area contributed by atoms with E-state index in [1.165, 1.54) is 5.56 Å². The molecule has 0 radical (unpaired) electrons. The summed E-state index contributed by atoms with van der Waals surface area (Å²) in [5.41, 5.74) is 1.78. The molecular formula is C22H22BrNO4. The zero-order valence-electron chi connectivity index (χ0n) is 15.4. The molecule has 1 N–H and O–H groups in total. The molecule has 1 amide bonds. The minimum absolute atomic E-state index is 0.0119. The van der Waals surface area contributed by atoms with Crippen LogP contribution in [0.15, 0.2) is 59.1 Å². The molecule has 0 aromatic heterocycles. The van der Waals surface area contributed by atoms with Gasteiger partial charge in [-0.2, -0.15) is 0 Å². The average Bonchev–Trinajstić information content (AvgIpc) is 3.51. The zero-order chi connectivity index (χ0) is 20.0. The van der Waals surface area contributed by atoms with Crippen LogP contribution >= 0.6 is 15.9 Å². The van der Waals surface area contributed by atoms with Crippen LogP contribution in [-0.4, -0.2) is 30.8 Å². The summed E-state index contributed by atoms with van der Waals surface area (Å²) in [6.07, 6.45) is 2.08. The van der Waals surface area contributed by atoms with E-state index >= 15 is 0 Å². The first-order valence-corrected chi connectivity index (χ1v) is 10.0. The van der Waals surface area contributed by atoms with Crippen molar-refractivity contribution in [1.29, 1.82) is 0 Å². The first-order chi connectivity index (χ1) is 13.5. The van der Waals surface area contributed by atoms with Crippen LogP contribution in [0, 0.1) is 0 Å². The Hall–Kier alpha value is -2.47. The van der Waals surface area contributed by atoms with Crippen LogP contribution in [0.4, 0.5) is 0 Å². The molecule has 3 rings (SSSR count). The molecule has 28 heavy (non-hydrogen) atoms. The largest absolute Gasteiger partial charge is 0.456 e. The third kappa shape index (κ3) is 5.52. The number of halogens is 1. The monoisotopic (exact) mass is 443 g/mol. The summed E-state index contributed by atoms with van der Waals surface area (Å²) in [5.74, 6) is -1.01. The lowest BCUT2D eigenvalue weighted by Crippen LogP contribution is -2.35. The minimum Gasteiger partial charge on any atom is -0.456 e. The fourth-order valence-corrected chi connectivity index (χ4v) is 3.31. The van der Waals surface area contributed by atoms with Crippen LogP contribution in [0.25, 0.3) is 0 Å². The molecule has 0 bridgehead atoms. The second-order valence-electron chi connectivity index (χ2n) is 7.01. The van der Waals surface area contributed by atoms with Gasteiger partial charge in [-0.1, -0.05) is 58.4 Å². The van der Waals surface area contributed by atoms with Gasteiger partial charge in [-0.05, 0) is 30.5 Å². The topological polar surface area (TPSA) is 72.5 Å². The molecule has 0 atom stereocenters. The smallest absolute Gasteiger partial charge is 0.306 e. The van der Waals surface area contributed by atoms with Crippen molar-refractivity contribution in [2.45, 2.75) is 31.1 Å². The maximum Gasteiger partial charge on any atom is 0.306 e. The average molecular weight is 444 g/mol. The molecule has 2 aromatic rings. The highest BCUT2D eigenvalue weighted by Gasteiger charge is 2.44. The lowest BCUT2D eigenvalue weighted by molar-refractivity contribution is -0.148. The number of esters is 1. The molecule has 0 unspecified atom stereocenters. The predicted molar refractivity (Wildman–Crippen MR) is 109 cm³/mol. The van der Waals surface area contributed by atoms with E-state index < -0.39 is 5.97 Å². The summed E-state index contributed by atoms with van der Waals surface area (Å²) < 4.78 is 5.87. The highest BCUT2D eigenvalue weighted by molar-refractivity contribution is 9.10. The lowest BCUT2D eigenvalue weighted by Gasteiger charge is -2.16. The van der Waals surface area contributed by atoms with Crippen molar-refractivity contribution in [3.05, 3.63) is 70.2 Å². The van der Waals surface area contributed by atoms with Crippen LogP contribution in [0.5, 0.6) is 0 Å². The SMILES string of the molecule is O=C(COC(=O)CCC(=O)c1ccc(Br)cc1)NCC1(c2ccccc2)CC1. The van der Waals surface area contributed by atoms with Gasteiger partial charge in [0.1, 0.15) is 0 Å². The van der Waals surface area contributed by atoms with E-state index in [-0.39, 0.29) is 36.6 Å². The van der Waals surface area contributed by atoms with E-state index in [1.807, 2.05) is 18.2 Å². The summed E-state index contributed by atoms with van der Waals surface area (Å²) in [4.78, 5) is 35.8. The highest BCUT2D eigenvalue weighted by atomic mass is 79.9. The molecular weight excluding hydrogens is 422 g/mol. The summed E-state index contributed by atoms with van der Waals surface area (Å²) in [6.45, 7) is 0.214. The highest BCUT2D eigenvalue weighted by Crippen LogP contribution is 2.47. The van der Waals surface area contributed by atoms with E-state index in [0.717, 1.165) is 17.3 Å². The Labute approximate surface area is 172 Å². The van der Waals surface area contributed by atoms with Crippen LogP contribution in [0.2, 0.25) is 0 Å². The van der Waals surface area contributed by atoms with Crippen molar-refractivity contribution in [3.63, 3.8) is 0 Å². The standard InChI is InChI=1S/C22H22BrNO4/c23-18-8-6-16(7-9-18)19(25)10-11-21(27)28-14-20(26)24-15-22(12-13-22)17-4-2-1-3-5-17/h1-9H,10-15H2,(H,24,26). The predicted octanol–water partition coefficient (Wildman–Crippen LogP) is 3.80. The van der Waals surface area contributed by atoms with E-state index in [0.29, 0.717) is 12.1 Å². The third-order valence-corrected chi connectivity index (χ3v) is 5.48. The fourth-order valence-electron chi connectivity index (χ4n) is 3.04. The number of Topliss-reactive ketones (excluding diaryl/α,β-unsaturated/α-hetero) is 1. The molecule has 1 saturated carbocycles. The summed E-state index contributed by atoms with van der Waals surface area (Å²) in [7, 11) is 0. The Bertz CT molecular complexity index is 845. The van der Waals surface area contributed by atoms with Crippen LogP contribution in [0.1, 0.15) is 41.6 Å². The molecule has 146 valence electrons. The van der Waals surface area contributed by atoms with Gasteiger partial charge in [0, 0.05) is 28.4 Å². The number of ketones is 1. The van der Waals surface area contributed by atoms with Crippen molar-refractivity contribution in [1.82, 2.24) is 5.32 Å². The van der Waals surface area contributed by atoms with E-state index in [9.17, 15) is 14.4 Å². The molecule has 5 nitrogen and oxygen atoms in total. The number of amides is 1. The lowest BCUT2D eigenvalue weighted by atomic mass is 9.96. The van der Waals surface area contributed by atoms with Gasteiger partial charge >= 0.3 is 5.97 Å². The Morgan fingerprint density at radius 1 is 0.964 bits per heavy atom. The van der Waals surface area contributed by atoms with E-state index in [1.54, 1.807) is 24.3 Å². The van der Waals surface area contributed by atoms with Gasteiger partial charge in [0.2, 0.25) is 0 Å². The molecule has 1 fully saturated rings. The van der Waals surface area contributed by atoms with E-state index in [2.05, 4.69) is 33.4 Å². The van der Waals surface area contributed by atoms with Gasteiger partial charge in [0.05, 0.1) is 6.42 Å². The number of ether oxygens (including phenoxy) is 1. The third-order valence-electron chi connectivity index (χ3n) is 4.95. The summed E-state index contributed by atoms with van der Waals surface area (Å²) in [6, 6.07) is 17.1. The van der Waals surface area contributed by atoms with Crippen molar-refractivity contribution in [3.8, 4) is 0 Å². The molecule has 6 heteroatoms. The number of carbonyl (C=O) groups is 3. The molecule has 1 aliphatic rings. The Balaban J connectivity index is 1.36. The number of hydrogen-bond donors (Lipinski definition) is 1. The summed E-state index contributed by atoms with van der Waals surface area (Å²) >= 11 is 3.31. The van der Waals surface area contributed by atoms with Crippen molar-refractivity contribution < 1.29 is 19.1 Å². The van der Waals surface area contributed by atoms with Crippen LogP contribution in [-0.2, 0) is 19.7 Å². The quantitative estimate of drug-likeness (QED) is 0.472. The maximum atomic E-state index is 12.1. The number of nitrogens with one attached hydrogen (secondary N) is 1. The Kier molecular flexibility index (Phi) is 6.62. The molecule has 0 saturated heterocycles. The first kappa shape index (κ1) is 20.3.